The highest BCUT2D eigenvalue weighted by Gasteiger charge is 2.52. The van der Waals surface area contributed by atoms with Crippen LogP contribution in [0.5, 0.6) is 11.6 Å². The van der Waals surface area contributed by atoms with E-state index < -0.39 is 35.3 Å². The lowest BCUT2D eigenvalue weighted by molar-refractivity contribution is -0.162. The molecule has 1 aliphatic carbocycles. The van der Waals surface area contributed by atoms with Crippen LogP contribution in [-0.4, -0.2) is 126 Å². The zero-order chi connectivity index (χ0) is 46.2. The fraction of sp³-hybridized carbons (Fsp3) is 0.468. The first kappa shape index (κ1) is 45.8. The molecule has 4 amide bonds. The summed E-state index contributed by atoms with van der Waals surface area (Å²) >= 11 is 0. The summed E-state index contributed by atoms with van der Waals surface area (Å²) in [6.45, 7) is 8.65. The van der Waals surface area contributed by atoms with Crippen LogP contribution in [0.2, 0.25) is 0 Å². The van der Waals surface area contributed by atoms with Gasteiger partial charge in [0.05, 0.1) is 11.4 Å². The minimum atomic E-state index is -1.55. The molecular weight excluding hydrogens is 845 g/mol. The number of pyridine rings is 1. The number of carbonyl (C=O) groups excluding carboxylic acids is 3. The topological polar surface area (TPSA) is 256 Å². The van der Waals surface area contributed by atoms with E-state index in [1.807, 2.05) is 48.7 Å². The van der Waals surface area contributed by atoms with Gasteiger partial charge in [-0.05, 0) is 87.4 Å². The highest BCUT2D eigenvalue weighted by Crippen LogP contribution is 2.42. The number of hydrogen-bond donors (Lipinski definition) is 7. The third-order valence-corrected chi connectivity index (χ3v) is 13.3. The van der Waals surface area contributed by atoms with Gasteiger partial charge in [-0.1, -0.05) is 30.7 Å². The molecule has 0 spiro atoms. The molecule has 1 saturated carbocycles. The van der Waals surface area contributed by atoms with E-state index in [2.05, 4.69) is 70.2 Å². The molecule has 4 aromatic rings. The van der Waals surface area contributed by atoms with Gasteiger partial charge in [-0.25, -0.2) is 9.78 Å². The van der Waals surface area contributed by atoms with E-state index in [0.29, 0.717) is 54.3 Å². The molecule has 66 heavy (non-hydrogen) atoms. The van der Waals surface area contributed by atoms with Crippen LogP contribution in [0.25, 0.3) is 11.3 Å². The van der Waals surface area contributed by atoms with E-state index in [0.717, 1.165) is 74.6 Å². The Morgan fingerprint density at radius 1 is 1.00 bits per heavy atom. The largest absolute Gasteiger partial charge is 0.488 e. The maximum Gasteiger partial charge on any atom is 0.319 e. The van der Waals surface area contributed by atoms with Crippen LogP contribution in [0.15, 0.2) is 72.9 Å². The van der Waals surface area contributed by atoms with Crippen LogP contribution in [0, 0.1) is 5.41 Å². The molecule has 3 unspecified atom stereocenters. The highest BCUT2D eigenvalue weighted by atomic mass is 16.5. The first-order valence-electron chi connectivity index (χ1n) is 22.9. The Bertz CT molecular complexity index is 2350. The van der Waals surface area contributed by atoms with Gasteiger partial charge in [-0.2, -0.15) is 0 Å². The summed E-state index contributed by atoms with van der Waals surface area (Å²) in [5, 5.41) is 30.0. The average Bonchev–Trinajstić information content (AvgIpc) is 3.56. The van der Waals surface area contributed by atoms with Gasteiger partial charge in [0.2, 0.25) is 17.7 Å². The number of carbonyl (C=O) groups is 4. The molecule has 0 radical (unpaired) electrons. The number of aromatic nitrogens is 3. The molecule has 5 heterocycles. The molecule has 4 atom stereocenters. The molecule has 19 heteroatoms. The van der Waals surface area contributed by atoms with Crippen molar-refractivity contribution in [2.75, 3.05) is 73.3 Å². The van der Waals surface area contributed by atoms with Crippen molar-refractivity contribution >= 4 is 46.7 Å². The van der Waals surface area contributed by atoms with Gasteiger partial charge in [-0.15, -0.1) is 10.2 Å². The molecule has 9 N–H and O–H groups in total. The highest BCUT2D eigenvalue weighted by molar-refractivity contribution is 6.05. The number of nitrogens with two attached hydrogens (primary N) is 2. The van der Waals surface area contributed by atoms with Crippen LogP contribution in [0.3, 0.4) is 0 Å². The number of primary amides is 1. The Kier molecular flexibility index (Phi) is 14.3. The third-order valence-electron chi connectivity index (χ3n) is 13.3. The second-order valence-corrected chi connectivity index (χ2v) is 17.7. The van der Waals surface area contributed by atoms with Crippen molar-refractivity contribution in [3.63, 3.8) is 0 Å². The third kappa shape index (κ3) is 10.5. The zero-order valence-electron chi connectivity index (χ0n) is 37.3. The van der Waals surface area contributed by atoms with E-state index >= 15 is 0 Å². The van der Waals surface area contributed by atoms with Crippen LogP contribution < -0.4 is 52.0 Å². The molecular formula is C47H60N12O7. The predicted molar refractivity (Wildman–Crippen MR) is 249 cm³/mol. The standard InChI is InChI=1S/C47H60N12O7/c1-30-26-50-20-21-57(30)22-23-65-41-24-33(15-19-51-41)59-34-13-14-35(59)28-58(27-34)39-25-38(55-56-42(39)48)36-6-2-3-8-40(36)66-29-31-9-11-32(12-10-31)53-43(60)37(7-4-18-52-46(49)64)54-44(61)47(45(62)63)16-5-17-47/h2-3,6,8-12,15,19,24-25,30,34-35,37,50H,4-5,7,13-14,16-18,20-23,26-29H2,1H3,(H2,48,56)(H,53,60)(H,54,61)(H,62,63)(H3,49,52,64)/t30?,34?,35?,37-/m0/s1. The smallest absolute Gasteiger partial charge is 0.319 e. The Labute approximate surface area is 384 Å². The maximum atomic E-state index is 13.4. The van der Waals surface area contributed by atoms with Gasteiger partial charge in [0.1, 0.15) is 30.4 Å². The Balaban J connectivity index is 0.879. The number of piperazine rings is 2. The normalized spacial score (nSPS) is 20.4. The first-order valence-corrected chi connectivity index (χ1v) is 22.9. The molecule has 4 aliphatic rings. The van der Waals surface area contributed by atoms with E-state index in [1.165, 1.54) is 0 Å². The minimum Gasteiger partial charge on any atom is -0.488 e. The maximum absolute atomic E-state index is 13.4. The summed E-state index contributed by atoms with van der Waals surface area (Å²) in [6.07, 6.45) is 5.44. The van der Waals surface area contributed by atoms with Gasteiger partial charge < -0.3 is 57.1 Å². The summed E-state index contributed by atoms with van der Waals surface area (Å²) in [7, 11) is 0. The van der Waals surface area contributed by atoms with Crippen LogP contribution in [0.1, 0.15) is 57.4 Å². The number of amides is 4. The molecule has 19 nitrogen and oxygen atoms in total. The summed E-state index contributed by atoms with van der Waals surface area (Å²) in [4.78, 5) is 61.5. The number of hydrogen-bond acceptors (Lipinski definition) is 14. The van der Waals surface area contributed by atoms with Crippen molar-refractivity contribution in [3.8, 4) is 22.9 Å². The molecule has 3 saturated heterocycles. The van der Waals surface area contributed by atoms with E-state index in [-0.39, 0.29) is 44.5 Å². The number of aliphatic carboxylic acids is 1. The van der Waals surface area contributed by atoms with Gasteiger partial charge >= 0.3 is 12.0 Å². The number of rotatable bonds is 19. The van der Waals surface area contributed by atoms with Crippen molar-refractivity contribution < 1.29 is 33.8 Å². The van der Waals surface area contributed by atoms with Crippen LogP contribution in [-0.2, 0) is 21.0 Å². The molecule has 2 bridgehead atoms. The zero-order valence-corrected chi connectivity index (χ0v) is 37.3. The summed E-state index contributed by atoms with van der Waals surface area (Å²) in [6, 6.07) is 20.1. The summed E-state index contributed by atoms with van der Waals surface area (Å²) in [5.41, 5.74) is 14.8. The van der Waals surface area contributed by atoms with Crippen molar-refractivity contribution in [1.82, 2.24) is 36.0 Å². The number of urea groups is 1. The Morgan fingerprint density at radius 3 is 2.48 bits per heavy atom. The lowest BCUT2D eigenvalue weighted by Gasteiger charge is -2.43. The fourth-order valence-corrected chi connectivity index (χ4v) is 9.45. The number of fused-ring (bicyclic) bond motifs is 2. The second kappa shape index (κ2) is 20.6. The predicted octanol–water partition coefficient (Wildman–Crippen LogP) is 3.36. The van der Waals surface area contributed by atoms with E-state index in [4.69, 9.17) is 20.9 Å². The molecule has 4 fully saturated rings. The number of ether oxygens (including phenoxy) is 2. The first-order chi connectivity index (χ1) is 32.0. The van der Waals surface area contributed by atoms with Gasteiger partial charge in [0, 0.05) is 93.1 Å². The van der Waals surface area contributed by atoms with Crippen LogP contribution >= 0.6 is 0 Å². The number of benzene rings is 2. The molecule has 8 rings (SSSR count). The minimum absolute atomic E-state index is 0.150. The number of nitrogens with zero attached hydrogens (tertiary/aromatic N) is 6. The van der Waals surface area contributed by atoms with Crippen molar-refractivity contribution in [2.45, 2.75) is 82.6 Å². The molecule has 2 aromatic heterocycles. The summed E-state index contributed by atoms with van der Waals surface area (Å²) < 4.78 is 12.5. The van der Waals surface area contributed by atoms with Crippen LogP contribution in [0.4, 0.5) is 27.7 Å². The number of nitrogens with one attached hydrogen (secondary N) is 4. The lowest BCUT2D eigenvalue weighted by atomic mass is 9.68. The lowest BCUT2D eigenvalue weighted by Crippen LogP contribution is -2.55. The second-order valence-electron chi connectivity index (χ2n) is 17.7. The SMILES string of the molecule is CC1CNCCN1CCOc1cc(N2C3CCC2CN(c2cc(-c4ccccc4OCc4ccc(NC(=O)[C@H](CCCNC(N)=O)NC(=O)C5(C(=O)O)CCC5)cc4)nnc2N)C3)ccn1. The average molecular weight is 905 g/mol. The van der Waals surface area contributed by atoms with Gasteiger partial charge in [0.15, 0.2) is 5.82 Å². The number of para-hydroxylation sites is 1. The Hall–Kier alpha value is -6.73. The van der Waals surface area contributed by atoms with Gasteiger partial charge in [0.25, 0.3) is 0 Å². The van der Waals surface area contributed by atoms with Crippen molar-refractivity contribution in [3.05, 3.63) is 78.5 Å². The van der Waals surface area contributed by atoms with Gasteiger partial charge in [-0.3, -0.25) is 19.3 Å². The number of carboxylic acids is 1. The number of anilines is 4. The Morgan fingerprint density at radius 2 is 1.77 bits per heavy atom. The number of nitrogen functional groups attached to an aromatic ring is 1. The molecule has 2 aromatic carbocycles. The number of carboxylic acid groups (broad SMARTS) is 1. The van der Waals surface area contributed by atoms with Crippen molar-refractivity contribution in [1.29, 1.82) is 0 Å². The van der Waals surface area contributed by atoms with E-state index in [9.17, 15) is 24.3 Å². The fourth-order valence-electron chi connectivity index (χ4n) is 9.45. The molecule has 3 aliphatic heterocycles. The molecule has 350 valence electrons. The van der Waals surface area contributed by atoms with Crippen molar-refractivity contribution in [2.24, 2.45) is 11.1 Å². The quantitative estimate of drug-likeness (QED) is 0.0526. The summed E-state index contributed by atoms with van der Waals surface area (Å²) in [5.74, 6) is -0.801. The van der Waals surface area contributed by atoms with E-state index in [1.54, 1.807) is 12.1 Å². The monoisotopic (exact) mass is 904 g/mol.